The highest BCUT2D eigenvalue weighted by atomic mass is 35.5. The summed E-state index contributed by atoms with van der Waals surface area (Å²) < 4.78 is 8.64. The van der Waals surface area contributed by atoms with Gasteiger partial charge in [-0.2, -0.15) is 10.4 Å². The van der Waals surface area contributed by atoms with Crippen molar-refractivity contribution in [1.82, 2.24) is 25.0 Å². The number of nitrogens with zero attached hydrogens (tertiary/aromatic N) is 7. The number of benzene rings is 3. The third-order valence-corrected chi connectivity index (χ3v) is 12.3. The molecule has 9 rings (SSSR count). The highest BCUT2D eigenvalue weighted by molar-refractivity contribution is 6.36. The second-order valence-corrected chi connectivity index (χ2v) is 15.5. The van der Waals surface area contributed by atoms with Crippen LogP contribution in [0.25, 0.3) is 21.8 Å². The number of halogens is 1. The van der Waals surface area contributed by atoms with Gasteiger partial charge in [0, 0.05) is 82.1 Å². The minimum absolute atomic E-state index is 0.0590. The van der Waals surface area contributed by atoms with Gasteiger partial charge in [0.15, 0.2) is 5.69 Å². The van der Waals surface area contributed by atoms with Gasteiger partial charge in [0.1, 0.15) is 12.2 Å². The molecule has 0 unspecified atom stereocenters. The summed E-state index contributed by atoms with van der Waals surface area (Å²) in [4.78, 5) is 33.4. The van der Waals surface area contributed by atoms with E-state index in [2.05, 4.69) is 83.4 Å². The number of hydrogen-bond donors (Lipinski definition) is 2. The Morgan fingerprint density at radius 3 is 2.48 bits per heavy atom. The van der Waals surface area contributed by atoms with Crippen molar-refractivity contribution in [1.29, 1.82) is 5.26 Å². The fourth-order valence-electron chi connectivity index (χ4n) is 9.03. The molecule has 0 aliphatic carbocycles. The number of likely N-dealkylation sites (tertiary alicyclic amines) is 1. The van der Waals surface area contributed by atoms with Crippen LogP contribution in [-0.4, -0.2) is 90.6 Å². The first-order valence-electron chi connectivity index (χ1n) is 19.1. The summed E-state index contributed by atoms with van der Waals surface area (Å²) >= 11 is 6.43. The summed E-state index contributed by atoms with van der Waals surface area (Å²) in [5.74, 6) is 0.490. The van der Waals surface area contributed by atoms with Crippen LogP contribution in [0.15, 0.2) is 66.9 Å². The van der Waals surface area contributed by atoms with E-state index in [1.807, 2.05) is 24.3 Å². The van der Waals surface area contributed by atoms with Gasteiger partial charge in [0.2, 0.25) is 5.91 Å². The Balaban J connectivity index is 0.766. The van der Waals surface area contributed by atoms with Gasteiger partial charge in [-0.05, 0) is 79.6 Å². The predicted octanol–water partition coefficient (Wildman–Crippen LogP) is 6.62. The van der Waals surface area contributed by atoms with E-state index in [4.69, 9.17) is 16.3 Å². The van der Waals surface area contributed by atoms with Gasteiger partial charge < -0.3 is 24.0 Å². The average molecular weight is 746 g/mol. The molecule has 4 aliphatic heterocycles. The molecule has 3 aromatic carbocycles. The van der Waals surface area contributed by atoms with Crippen molar-refractivity contribution >= 4 is 62.4 Å². The molecule has 12 nitrogen and oxygen atoms in total. The first-order valence-corrected chi connectivity index (χ1v) is 19.5. The number of nitrogens with one attached hydrogen (secondary N) is 2. The molecule has 5 aromatic rings. The number of morpholine rings is 1. The van der Waals surface area contributed by atoms with E-state index >= 15 is 0 Å². The van der Waals surface area contributed by atoms with Gasteiger partial charge in [0.05, 0.1) is 39.4 Å². The second-order valence-electron chi connectivity index (χ2n) is 15.0. The van der Waals surface area contributed by atoms with E-state index in [1.54, 1.807) is 4.90 Å². The number of rotatable bonds is 7. The Hall–Kier alpha value is -5.09. The molecule has 2 N–H and O–H groups in total. The highest BCUT2D eigenvalue weighted by Crippen LogP contribution is 2.37. The van der Waals surface area contributed by atoms with Crippen LogP contribution < -0.4 is 20.0 Å². The van der Waals surface area contributed by atoms with Crippen molar-refractivity contribution in [2.45, 2.75) is 44.2 Å². The molecule has 3 amide bonds. The number of carbonyl (C=O) groups excluding carboxylic acids is 2. The Morgan fingerprint density at radius 1 is 0.889 bits per heavy atom. The van der Waals surface area contributed by atoms with E-state index in [-0.39, 0.29) is 18.0 Å². The van der Waals surface area contributed by atoms with Crippen LogP contribution >= 0.6 is 11.6 Å². The maximum absolute atomic E-state index is 12.6. The number of anilines is 3. The zero-order chi connectivity index (χ0) is 36.8. The van der Waals surface area contributed by atoms with Crippen LogP contribution in [-0.2, 0) is 9.53 Å². The van der Waals surface area contributed by atoms with Gasteiger partial charge in [-0.1, -0.05) is 29.8 Å². The highest BCUT2D eigenvalue weighted by Gasteiger charge is 2.30. The molecule has 13 heteroatoms. The number of piperidine rings is 2. The van der Waals surface area contributed by atoms with E-state index < -0.39 is 0 Å². The van der Waals surface area contributed by atoms with Crippen LogP contribution in [0.4, 0.5) is 21.9 Å². The molecule has 278 valence electrons. The SMILES string of the molecule is N#Cc1n[nH]c2c(N3CCO[C@@H](c4ccc(N5CCC(CN6CCC(n7ccc8c(N9CCC(=O)NC9=O)cccc87)CC6)CC5)cc4)C3)ccc(Cl)c12. The molecule has 4 aliphatic rings. The molecule has 54 heavy (non-hydrogen) atoms. The molecule has 0 saturated carbocycles. The van der Waals surface area contributed by atoms with Crippen LogP contribution in [0, 0.1) is 17.2 Å². The van der Waals surface area contributed by atoms with Gasteiger partial charge >= 0.3 is 6.03 Å². The van der Waals surface area contributed by atoms with Gasteiger partial charge in [-0.3, -0.25) is 20.1 Å². The fraction of sp³-hybridized carbons (Fsp3) is 0.415. The average Bonchev–Trinajstić information content (AvgIpc) is 3.85. The van der Waals surface area contributed by atoms with E-state index in [9.17, 15) is 14.9 Å². The Labute approximate surface area is 319 Å². The summed E-state index contributed by atoms with van der Waals surface area (Å²) in [6.45, 7) is 7.93. The molecule has 4 saturated heterocycles. The minimum atomic E-state index is -0.341. The summed E-state index contributed by atoms with van der Waals surface area (Å²) in [5, 5.41) is 21.4. The molecular weight excluding hydrogens is 702 g/mol. The number of H-pyrrole nitrogens is 1. The lowest BCUT2D eigenvalue weighted by Crippen LogP contribution is -2.49. The smallest absolute Gasteiger partial charge is 0.328 e. The number of imide groups is 1. The van der Waals surface area contributed by atoms with E-state index in [0.717, 1.165) is 85.5 Å². The first-order chi connectivity index (χ1) is 26.4. The summed E-state index contributed by atoms with van der Waals surface area (Å²) in [5.41, 5.74) is 6.52. The standard InChI is InChI=1S/C41H44ClN9O3/c42-32-8-9-36(40-39(32)33(24-43)45-46-40)49-22-23-54-37(26-49)28-4-6-29(7-5-28)48-18-10-27(11-19-48)25-47-16-12-30(13-17-47)50-20-14-31-34(50)2-1-3-35(31)51-21-15-38(52)44-41(51)53/h1-9,14,20,27,30,37H,10-13,15-19,21-23,25-26H2,(H,45,46)(H,44,52,53)/t37-/m1/s1. The van der Waals surface area contributed by atoms with Crippen molar-refractivity contribution in [3.8, 4) is 6.07 Å². The number of ether oxygens (including phenoxy) is 1. The van der Waals surface area contributed by atoms with Crippen LogP contribution in [0.3, 0.4) is 0 Å². The molecular formula is C41H44ClN9O3. The fourth-order valence-corrected chi connectivity index (χ4v) is 9.28. The molecule has 0 bridgehead atoms. The molecule has 4 fully saturated rings. The first kappa shape index (κ1) is 34.7. The maximum atomic E-state index is 12.6. The lowest BCUT2D eigenvalue weighted by molar-refractivity contribution is -0.120. The number of aromatic amines is 1. The Bertz CT molecular complexity index is 2230. The van der Waals surface area contributed by atoms with Gasteiger partial charge in [0.25, 0.3) is 0 Å². The van der Waals surface area contributed by atoms with Crippen molar-refractivity contribution in [2.75, 3.05) is 73.7 Å². The minimum Gasteiger partial charge on any atom is -0.372 e. The van der Waals surface area contributed by atoms with Crippen LogP contribution in [0.1, 0.15) is 55.5 Å². The van der Waals surface area contributed by atoms with Crippen molar-refractivity contribution < 1.29 is 14.3 Å². The normalized spacial score (nSPS) is 20.9. The quantitative estimate of drug-likeness (QED) is 0.191. The van der Waals surface area contributed by atoms with Crippen molar-refractivity contribution in [3.05, 3.63) is 83.1 Å². The summed E-state index contributed by atoms with van der Waals surface area (Å²) in [7, 11) is 0. The molecule has 2 aromatic heterocycles. The third-order valence-electron chi connectivity index (χ3n) is 12.0. The van der Waals surface area contributed by atoms with E-state index in [1.165, 1.54) is 18.5 Å². The number of urea groups is 1. The monoisotopic (exact) mass is 745 g/mol. The molecule has 0 radical (unpaired) electrons. The van der Waals surface area contributed by atoms with Crippen LogP contribution in [0.5, 0.6) is 0 Å². The number of hydrogen-bond acceptors (Lipinski definition) is 8. The zero-order valence-electron chi connectivity index (χ0n) is 30.2. The lowest BCUT2D eigenvalue weighted by Gasteiger charge is -2.39. The van der Waals surface area contributed by atoms with Crippen LogP contribution in [0.2, 0.25) is 5.02 Å². The number of nitriles is 1. The Kier molecular flexibility index (Phi) is 9.39. The predicted molar refractivity (Wildman–Crippen MR) is 210 cm³/mol. The second kappa shape index (κ2) is 14.6. The third kappa shape index (κ3) is 6.54. The number of carbonyl (C=O) groups is 2. The van der Waals surface area contributed by atoms with Crippen molar-refractivity contribution in [2.24, 2.45) is 5.92 Å². The molecule has 1 atom stereocenters. The number of amides is 3. The lowest BCUT2D eigenvalue weighted by atomic mass is 9.94. The largest absolute Gasteiger partial charge is 0.372 e. The molecule has 0 spiro atoms. The summed E-state index contributed by atoms with van der Waals surface area (Å²) in [6, 6.07) is 23.2. The summed E-state index contributed by atoms with van der Waals surface area (Å²) in [6.07, 6.45) is 7.04. The van der Waals surface area contributed by atoms with E-state index in [0.29, 0.717) is 54.2 Å². The topological polar surface area (TPSA) is 126 Å². The Morgan fingerprint density at radius 2 is 1.70 bits per heavy atom. The number of aromatic nitrogens is 3. The van der Waals surface area contributed by atoms with Gasteiger partial charge in [-0.15, -0.1) is 0 Å². The van der Waals surface area contributed by atoms with Gasteiger partial charge in [-0.25, -0.2) is 4.79 Å². The number of fused-ring (bicyclic) bond motifs is 2. The maximum Gasteiger partial charge on any atom is 0.328 e. The van der Waals surface area contributed by atoms with Crippen molar-refractivity contribution in [3.63, 3.8) is 0 Å². The zero-order valence-corrected chi connectivity index (χ0v) is 31.0. The molecule has 6 heterocycles.